The molecule has 1 fully saturated rings. The van der Waals surface area contributed by atoms with Crippen LogP contribution in [0.5, 0.6) is 0 Å². The van der Waals surface area contributed by atoms with Crippen molar-refractivity contribution in [2.75, 3.05) is 19.6 Å². The standard InChI is InChI=1S/C20H28N4O2S/c1-3-4-5-9-12-21-19-14-24(13-18(19)17-10-7-6-8-11-17)27(25,26)20-15-23(2)16-22-20/h5-11,15-16,18-19,21H,3-4,12-14H2,1-2H3/b9-5+/t18-,19+/m1/s1. The Labute approximate surface area is 162 Å². The maximum Gasteiger partial charge on any atom is 0.262 e. The van der Waals surface area contributed by atoms with Crippen molar-refractivity contribution in [2.45, 2.75) is 36.8 Å². The fourth-order valence-electron chi connectivity index (χ4n) is 3.45. The molecular formula is C20H28N4O2S. The van der Waals surface area contributed by atoms with E-state index in [-0.39, 0.29) is 17.0 Å². The van der Waals surface area contributed by atoms with Gasteiger partial charge >= 0.3 is 0 Å². The Morgan fingerprint density at radius 2 is 2.00 bits per heavy atom. The monoisotopic (exact) mass is 388 g/mol. The number of unbranched alkanes of at least 4 members (excludes halogenated alkanes) is 1. The molecule has 2 aromatic rings. The number of sulfonamides is 1. The third-order valence-electron chi connectivity index (χ3n) is 4.92. The van der Waals surface area contributed by atoms with Crippen LogP contribution in [0.4, 0.5) is 0 Å². The summed E-state index contributed by atoms with van der Waals surface area (Å²) < 4.78 is 29.2. The zero-order chi connectivity index (χ0) is 19.3. The lowest BCUT2D eigenvalue weighted by atomic mass is 9.94. The molecule has 7 heteroatoms. The number of aryl methyl sites for hydroxylation is 1. The van der Waals surface area contributed by atoms with Gasteiger partial charge in [0.1, 0.15) is 0 Å². The van der Waals surface area contributed by atoms with Gasteiger partial charge < -0.3 is 9.88 Å². The van der Waals surface area contributed by atoms with Crippen molar-refractivity contribution in [1.29, 1.82) is 0 Å². The van der Waals surface area contributed by atoms with Gasteiger partial charge in [-0.1, -0.05) is 55.8 Å². The Morgan fingerprint density at radius 1 is 1.22 bits per heavy atom. The van der Waals surface area contributed by atoms with Gasteiger partial charge in [-0.2, -0.15) is 4.31 Å². The second kappa shape index (κ2) is 8.82. The van der Waals surface area contributed by atoms with Gasteiger partial charge in [0.2, 0.25) is 0 Å². The summed E-state index contributed by atoms with van der Waals surface area (Å²) in [5.74, 6) is 0.115. The average Bonchev–Trinajstić information content (AvgIpc) is 3.29. The van der Waals surface area contributed by atoms with Gasteiger partial charge in [-0.3, -0.25) is 0 Å². The number of nitrogens with one attached hydrogen (secondary N) is 1. The maximum absolute atomic E-state index is 13.0. The highest BCUT2D eigenvalue weighted by atomic mass is 32.2. The molecule has 1 aliphatic heterocycles. The van der Waals surface area contributed by atoms with Gasteiger partial charge in [-0.15, -0.1) is 0 Å². The van der Waals surface area contributed by atoms with Gasteiger partial charge in [0, 0.05) is 44.8 Å². The number of allylic oxidation sites excluding steroid dienone is 1. The van der Waals surface area contributed by atoms with Gasteiger partial charge in [0.15, 0.2) is 5.03 Å². The smallest absolute Gasteiger partial charge is 0.262 e. The van der Waals surface area contributed by atoms with Crippen LogP contribution in [-0.2, 0) is 17.1 Å². The van der Waals surface area contributed by atoms with Gasteiger partial charge in [0.05, 0.1) is 6.33 Å². The van der Waals surface area contributed by atoms with E-state index in [4.69, 9.17) is 0 Å². The van der Waals surface area contributed by atoms with Crippen molar-refractivity contribution < 1.29 is 8.42 Å². The van der Waals surface area contributed by atoms with E-state index < -0.39 is 10.0 Å². The first-order chi connectivity index (χ1) is 13.0. The molecule has 2 heterocycles. The lowest BCUT2D eigenvalue weighted by Crippen LogP contribution is -2.36. The van der Waals surface area contributed by atoms with E-state index in [1.807, 2.05) is 18.2 Å². The number of aromatic nitrogens is 2. The van der Waals surface area contributed by atoms with E-state index in [9.17, 15) is 8.42 Å². The van der Waals surface area contributed by atoms with E-state index in [2.05, 4.69) is 41.5 Å². The number of benzene rings is 1. The average molecular weight is 389 g/mol. The summed E-state index contributed by atoms with van der Waals surface area (Å²) in [5.41, 5.74) is 1.16. The van der Waals surface area contributed by atoms with Crippen LogP contribution in [0, 0.1) is 0 Å². The fraction of sp³-hybridized carbons (Fsp3) is 0.450. The first-order valence-corrected chi connectivity index (χ1v) is 10.9. The molecule has 1 saturated heterocycles. The molecule has 0 unspecified atom stereocenters. The zero-order valence-corrected chi connectivity index (χ0v) is 16.8. The second-order valence-electron chi connectivity index (χ2n) is 6.99. The van der Waals surface area contributed by atoms with Crippen LogP contribution in [0.25, 0.3) is 0 Å². The number of rotatable bonds is 8. The molecule has 0 bridgehead atoms. The molecule has 6 nitrogen and oxygen atoms in total. The summed E-state index contributed by atoms with van der Waals surface area (Å²) in [5, 5.41) is 3.64. The Bertz CT molecular complexity index is 861. The van der Waals surface area contributed by atoms with Crippen LogP contribution in [0.2, 0.25) is 0 Å². The van der Waals surface area contributed by atoms with Crippen molar-refractivity contribution in [3.8, 4) is 0 Å². The lowest BCUT2D eigenvalue weighted by molar-refractivity contribution is 0.459. The number of imidazole rings is 1. The molecule has 1 aromatic carbocycles. The largest absolute Gasteiger partial charge is 0.339 e. The van der Waals surface area contributed by atoms with Crippen LogP contribution in [0.1, 0.15) is 31.2 Å². The third kappa shape index (κ3) is 4.66. The Kier molecular flexibility index (Phi) is 6.46. The molecule has 3 rings (SSSR count). The van der Waals surface area contributed by atoms with Crippen molar-refractivity contribution in [3.05, 3.63) is 60.6 Å². The fourth-order valence-corrected chi connectivity index (χ4v) is 4.91. The summed E-state index contributed by atoms with van der Waals surface area (Å²) in [6.07, 6.45) is 9.56. The minimum atomic E-state index is -3.59. The van der Waals surface area contributed by atoms with E-state index in [0.29, 0.717) is 13.1 Å². The van der Waals surface area contributed by atoms with Crippen molar-refractivity contribution >= 4 is 10.0 Å². The normalized spacial score (nSPS) is 21.3. The predicted octanol–water partition coefficient (Wildman–Crippen LogP) is 2.52. The molecule has 146 valence electrons. The molecule has 0 aliphatic carbocycles. The number of nitrogens with zero attached hydrogens (tertiary/aromatic N) is 3. The lowest BCUT2D eigenvalue weighted by Gasteiger charge is -2.19. The molecule has 2 atom stereocenters. The summed E-state index contributed by atoms with van der Waals surface area (Å²) in [6, 6.07) is 10.2. The van der Waals surface area contributed by atoms with Crippen LogP contribution in [0.3, 0.4) is 0 Å². The van der Waals surface area contributed by atoms with Crippen molar-refractivity contribution in [1.82, 2.24) is 19.2 Å². The molecule has 0 saturated carbocycles. The quantitative estimate of drug-likeness (QED) is 0.706. The number of hydrogen-bond donors (Lipinski definition) is 1. The van der Waals surface area contributed by atoms with Crippen molar-refractivity contribution in [2.24, 2.45) is 7.05 Å². The van der Waals surface area contributed by atoms with Gasteiger partial charge in [0.25, 0.3) is 10.0 Å². The topological polar surface area (TPSA) is 67.2 Å². The molecule has 1 aromatic heterocycles. The van der Waals surface area contributed by atoms with Crippen LogP contribution in [0.15, 0.2) is 60.0 Å². The highest BCUT2D eigenvalue weighted by Gasteiger charge is 2.40. The Balaban J connectivity index is 1.78. The molecular weight excluding hydrogens is 360 g/mol. The SMILES string of the molecule is CCC/C=C/CN[C@H]1CN(S(=O)(=O)c2cn(C)cn2)C[C@@H]1c1ccccc1. The summed E-state index contributed by atoms with van der Waals surface area (Å²) in [7, 11) is -1.81. The Hall–Kier alpha value is -1.96. The summed E-state index contributed by atoms with van der Waals surface area (Å²) in [4.78, 5) is 4.05. The summed E-state index contributed by atoms with van der Waals surface area (Å²) in [6.45, 7) is 3.80. The second-order valence-corrected chi connectivity index (χ2v) is 8.88. The summed E-state index contributed by atoms with van der Waals surface area (Å²) >= 11 is 0. The van der Waals surface area contributed by atoms with Gasteiger partial charge in [-0.05, 0) is 12.0 Å². The van der Waals surface area contributed by atoms with Crippen LogP contribution >= 0.6 is 0 Å². The zero-order valence-electron chi connectivity index (χ0n) is 16.0. The number of hydrogen-bond acceptors (Lipinski definition) is 4. The van der Waals surface area contributed by atoms with Crippen LogP contribution in [-0.4, -0.2) is 48.0 Å². The highest BCUT2D eigenvalue weighted by molar-refractivity contribution is 7.89. The van der Waals surface area contributed by atoms with Crippen molar-refractivity contribution in [3.63, 3.8) is 0 Å². The third-order valence-corrected chi connectivity index (χ3v) is 6.64. The molecule has 0 spiro atoms. The molecule has 1 aliphatic rings. The minimum Gasteiger partial charge on any atom is -0.339 e. The molecule has 1 N–H and O–H groups in total. The first kappa shape index (κ1) is 19.8. The van der Waals surface area contributed by atoms with E-state index in [1.54, 1.807) is 22.1 Å². The Morgan fingerprint density at radius 3 is 2.67 bits per heavy atom. The van der Waals surface area contributed by atoms with E-state index in [1.165, 1.54) is 6.33 Å². The molecule has 0 amide bonds. The minimum absolute atomic E-state index is 0.0668. The molecule has 27 heavy (non-hydrogen) atoms. The maximum atomic E-state index is 13.0. The van der Waals surface area contributed by atoms with Crippen LogP contribution < -0.4 is 5.32 Å². The van der Waals surface area contributed by atoms with E-state index >= 15 is 0 Å². The molecule has 0 radical (unpaired) electrons. The highest BCUT2D eigenvalue weighted by Crippen LogP contribution is 2.31. The predicted molar refractivity (Wildman–Crippen MR) is 107 cm³/mol. The first-order valence-electron chi connectivity index (χ1n) is 9.43. The van der Waals surface area contributed by atoms with Gasteiger partial charge in [-0.25, -0.2) is 13.4 Å². The van der Waals surface area contributed by atoms with E-state index in [0.717, 1.165) is 24.9 Å².